The van der Waals surface area contributed by atoms with E-state index in [1.165, 1.54) is 5.56 Å². The lowest BCUT2D eigenvalue weighted by atomic mass is 10.1. The Morgan fingerprint density at radius 2 is 1.72 bits per heavy atom. The molecule has 0 N–H and O–H groups in total. The Hall–Kier alpha value is -1.60. The monoisotopic (exact) mass is 257 g/mol. The van der Waals surface area contributed by atoms with E-state index in [4.69, 9.17) is 11.6 Å². The molecular weight excluding hydrogens is 242 g/mol. The van der Waals surface area contributed by atoms with E-state index in [9.17, 15) is 0 Å². The van der Waals surface area contributed by atoms with Crippen LogP contribution in [0.4, 0.5) is 0 Å². The third-order valence-corrected chi connectivity index (χ3v) is 2.97. The lowest BCUT2D eigenvalue weighted by molar-refractivity contribution is 0.744. The Morgan fingerprint density at radius 3 is 2.39 bits per heavy atom. The van der Waals surface area contributed by atoms with Crippen LogP contribution in [-0.4, -0.2) is 12.3 Å². The summed E-state index contributed by atoms with van der Waals surface area (Å²) in [7, 11) is 0. The highest BCUT2D eigenvalue weighted by molar-refractivity contribution is 6.30. The average Bonchev–Trinajstić information content (AvgIpc) is 2.39. The first-order valence-electron chi connectivity index (χ1n) is 6.07. The van der Waals surface area contributed by atoms with E-state index in [2.05, 4.69) is 36.2 Å². The van der Waals surface area contributed by atoms with Gasteiger partial charge >= 0.3 is 0 Å². The summed E-state index contributed by atoms with van der Waals surface area (Å²) in [6.07, 6.45) is 2.87. The summed E-state index contributed by atoms with van der Waals surface area (Å²) in [4.78, 5) is 4.55. The van der Waals surface area contributed by atoms with Gasteiger partial charge in [0.15, 0.2) is 0 Å². The number of nitrogens with zero attached hydrogens (tertiary/aromatic N) is 1. The van der Waals surface area contributed by atoms with E-state index in [0.29, 0.717) is 0 Å². The zero-order valence-corrected chi connectivity index (χ0v) is 11.1. The van der Waals surface area contributed by atoms with Gasteiger partial charge in [-0.05, 0) is 36.6 Å². The summed E-state index contributed by atoms with van der Waals surface area (Å²) < 4.78 is 0. The normalized spacial score (nSPS) is 12.8. The smallest absolute Gasteiger partial charge is 0.0511 e. The lowest BCUT2D eigenvalue weighted by Gasteiger charge is -2.05. The van der Waals surface area contributed by atoms with Crippen LogP contribution in [0, 0.1) is 0 Å². The van der Waals surface area contributed by atoms with E-state index in [1.54, 1.807) is 0 Å². The van der Waals surface area contributed by atoms with Gasteiger partial charge in [0.05, 0.1) is 6.04 Å². The Morgan fingerprint density at radius 1 is 1.06 bits per heavy atom. The van der Waals surface area contributed by atoms with Gasteiger partial charge in [0, 0.05) is 11.2 Å². The molecule has 2 heteroatoms. The molecule has 0 aliphatic carbocycles. The predicted molar refractivity (Wildman–Crippen MR) is 78.7 cm³/mol. The fraction of sp³-hybridized carbons (Fsp3) is 0.188. The zero-order chi connectivity index (χ0) is 12.8. The van der Waals surface area contributed by atoms with Crippen LogP contribution in [0.5, 0.6) is 0 Å². The maximum absolute atomic E-state index is 5.84. The third kappa shape index (κ3) is 4.01. The molecule has 0 radical (unpaired) electrons. The molecular formula is C16H16ClN. The second-order valence-electron chi connectivity index (χ2n) is 4.37. The molecule has 2 aromatic carbocycles. The molecule has 0 amide bonds. The third-order valence-electron chi connectivity index (χ3n) is 2.72. The van der Waals surface area contributed by atoms with Crippen LogP contribution in [0.25, 0.3) is 0 Å². The van der Waals surface area contributed by atoms with E-state index in [1.807, 2.05) is 36.5 Å². The van der Waals surface area contributed by atoms with Crippen molar-refractivity contribution in [1.82, 2.24) is 0 Å². The molecule has 1 nitrogen and oxygen atoms in total. The number of aliphatic imine (C=N–C) groups is 1. The van der Waals surface area contributed by atoms with Gasteiger partial charge in [-0.15, -0.1) is 0 Å². The zero-order valence-electron chi connectivity index (χ0n) is 10.4. The Kier molecular flexibility index (Phi) is 4.54. The van der Waals surface area contributed by atoms with Crippen molar-refractivity contribution in [2.75, 3.05) is 0 Å². The van der Waals surface area contributed by atoms with E-state index >= 15 is 0 Å². The topological polar surface area (TPSA) is 12.4 Å². The Labute approximate surface area is 113 Å². The molecule has 0 aliphatic heterocycles. The number of rotatable bonds is 4. The summed E-state index contributed by atoms with van der Waals surface area (Å²) in [6.45, 7) is 2.12. The fourth-order valence-electron chi connectivity index (χ4n) is 1.77. The molecule has 92 valence electrons. The molecule has 2 rings (SSSR count). The Bertz CT molecular complexity index is 502. The van der Waals surface area contributed by atoms with Crippen LogP contribution in [0.1, 0.15) is 18.1 Å². The minimum absolute atomic E-state index is 0.281. The van der Waals surface area contributed by atoms with E-state index in [0.717, 1.165) is 17.0 Å². The maximum Gasteiger partial charge on any atom is 0.0511 e. The average molecular weight is 258 g/mol. The highest BCUT2D eigenvalue weighted by Gasteiger charge is 1.99. The van der Waals surface area contributed by atoms with Gasteiger partial charge in [0.25, 0.3) is 0 Å². The molecule has 0 heterocycles. The van der Waals surface area contributed by atoms with Gasteiger partial charge in [-0.2, -0.15) is 0 Å². The fourth-order valence-corrected chi connectivity index (χ4v) is 1.90. The van der Waals surface area contributed by atoms with Gasteiger partial charge < -0.3 is 0 Å². The number of hydrogen-bond donors (Lipinski definition) is 0. The summed E-state index contributed by atoms with van der Waals surface area (Å²) in [5, 5.41) is 0.754. The van der Waals surface area contributed by atoms with Crippen LogP contribution >= 0.6 is 11.6 Å². The Balaban J connectivity index is 1.95. The van der Waals surface area contributed by atoms with E-state index in [-0.39, 0.29) is 6.04 Å². The molecule has 0 aromatic heterocycles. The van der Waals surface area contributed by atoms with Gasteiger partial charge in [-0.25, -0.2) is 0 Å². The van der Waals surface area contributed by atoms with Crippen molar-refractivity contribution in [3.8, 4) is 0 Å². The van der Waals surface area contributed by atoms with Crippen molar-refractivity contribution < 1.29 is 0 Å². The van der Waals surface area contributed by atoms with Crippen LogP contribution in [0.3, 0.4) is 0 Å². The van der Waals surface area contributed by atoms with Gasteiger partial charge in [-0.1, -0.05) is 54.1 Å². The molecule has 0 bridgehead atoms. The van der Waals surface area contributed by atoms with E-state index < -0.39 is 0 Å². The van der Waals surface area contributed by atoms with Gasteiger partial charge in [-0.3, -0.25) is 4.99 Å². The standard InChI is InChI=1S/C16H16ClN/c1-13(11-14-5-3-2-4-6-14)18-12-15-7-9-16(17)10-8-15/h2-10,12-13H,11H2,1H3/b18-12+/t13-/m0/s1. The van der Waals surface area contributed by atoms with Crippen LogP contribution < -0.4 is 0 Å². The largest absolute Gasteiger partial charge is 0.289 e. The highest BCUT2D eigenvalue weighted by Crippen LogP contribution is 2.09. The first-order valence-corrected chi connectivity index (χ1v) is 6.44. The SMILES string of the molecule is C[C@@H](Cc1ccccc1)/N=C/c1ccc(Cl)cc1. The van der Waals surface area contributed by atoms with Crippen molar-refractivity contribution in [1.29, 1.82) is 0 Å². The molecule has 1 atom stereocenters. The second kappa shape index (κ2) is 6.36. The van der Waals surface area contributed by atoms with Gasteiger partial charge in [0.2, 0.25) is 0 Å². The van der Waals surface area contributed by atoms with Crippen molar-refractivity contribution in [3.63, 3.8) is 0 Å². The summed E-state index contributed by atoms with van der Waals surface area (Å²) in [5.74, 6) is 0. The van der Waals surface area contributed by atoms with Crippen molar-refractivity contribution in [2.45, 2.75) is 19.4 Å². The second-order valence-corrected chi connectivity index (χ2v) is 4.80. The minimum atomic E-state index is 0.281. The van der Waals surface area contributed by atoms with Crippen molar-refractivity contribution in [3.05, 3.63) is 70.7 Å². The summed E-state index contributed by atoms with van der Waals surface area (Å²) >= 11 is 5.84. The predicted octanol–water partition coefficient (Wildman–Crippen LogP) is 4.39. The first-order chi connectivity index (χ1) is 8.74. The van der Waals surface area contributed by atoms with Gasteiger partial charge in [0.1, 0.15) is 0 Å². The molecule has 0 unspecified atom stereocenters. The van der Waals surface area contributed by atoms with Crippen LogP contribution in [0.2, 0.25) is 5.02 Å². The summed E-state index contributed by atoms with van der Waals surface area (Å²) in [6, 6.07) is 18.4. The molecule has 0 saturated heterocycles. The molecule has 0 aliphatic rings. The number of benzene rings is 2. The molecule has 0 fully saturated rings. The van der Waals surface area contributed by atoms with Crippen molar-refractivity contribution in [2.24, 2.45) is 4.99 Å². The number of halogens is 1. The highest BCUT2D eigenvalue weighted by atomic mass is 35.5. The molecule has 0 saturated carbocycles. The lowest BCUT2D eigenvalue weighted by Crippen LogP contribution is -2.03. The van der Waals surface area contributed by atoms with Crippen molar-refractivity contribution >= 4 is 17.8 Å². The summed E-state index contributed by atoms with van der Waals surface area (Å²) in [5.41, 5.74) is 2.40. The first kappa shape index (κ1) is 12.8. The molecule has 2 aromatic rings. The molecule has 18 heavy (non-hydrogen) atoms. The number of hydrogen-bond acceptors (Lipinski definition) is 1. The quantitative estimate of drug-likeness (QED) is 0.721. The maximum atomic E-state index is 5.84. The molecule has 0 spiro atoms. The van der Waals surface area contributed by atoms with Crippen LogP contribution in [0.15, 0.2) is 59.6 Å². The van der Waals surface area contributed by atoms with Crippen LogP contribution in [-0.2, 0) is 6.42 Å². The minimum Gasteiger partial charge on any atom is -0.289 e.